The molecule has 5 aliphatic rings. The second-order valence-electron chi connectivity index (χ2n) is 12.9. The number of hydrogen-bond acceptors (Lipinski definition) is 6. The lowest BCUT2D eigenvalue weighted by atomic mass is 9.45. The minimum Gasteiger partial charge on any atom is -0.469 e. The molecule has 0 N–H and O–H groups in total. The van der Waals surface area contributed by atoms with Gasteiger partial charge in [0.05, 0.1) is 38.1 Å². The van der Waals surface area contributed by atoms with Crippen LogP contribution >= 0.6 is 0 Å². The van der Waals surface area contributed by atoms with Crippen molar-refractivity contribution in [2.45, 2.75) is 85.5 Å². The van der Waals surface area contributed by atoms with Crippen LogP contribution in [-0.4, -0.2) is 38.2 Å². The minimum absolute atomic E-state index is 0.0691. The molecule has 0 radical (unpaired) electrons. The molecule has 0 amide bonds. The third kappa shape index (κ3) is 4.07. The van der Waals surface area contributed by atoms with Gasteiger partial charge in [0.15, 0.2) is 0 Å². The van der Waals surface area contributed by atoms with Gasteiger partial charge in [0, 0.05) is 0 Å². The second kappa shape index (κ2) is 10.0. The van der Waals surface area contributed by atoms with Crippen molar-refractivity contribution in [3.63, 3.8) is 0 Å². The molecule has 37 heavy (non-hydrogen) atoms. The Kier molecular flexibility index (Phi) is 7.25. The van der Waals surface area contributed by atoms with E-state index in [1.165, 1.54) is 57.6 Å². The van der Waals surface area contributed by atoms with Crippen LogP contribution in [0.1, 0.15) is 85.5 Å². The molecule has 3 unspecified atom stereocenters. The first-order valence-electron chi connectivity index (χ1n) is 14.8. The van der Waals surface area contributed by atoms with Crippen molar-refractivity contribution in [3.05, 3.63) is 11.6 Å². The number of ether oxygens (including phenoxy) is 3. The summed E-state index contributed by atoms with van der Waals surface area (Å²) in [5.41, 5.74) is 1.55. The molecular weight excluding hydrogens is 468 g/mol. The molecule has 0 saturated heterocycles. The monoisotopic (exact) mass is 514 g/mol. The van der Waals surface area contributed by atoms with E-state index in [2.05, 4.69) is 13.8 Å². The summed E-state index contributed by atoms with van der Waals surface area (Å²) < 4.78 is 16.2. The van der Waals surface area contributed by atoms with Gasteiger partial charge in [-0.3, -0.25) is 14.4 Å². The van der Waals surface area contributed by atoms with Crippen molar-refractivity contribution < 1.29 is 28.6 Å². The summed E-state index contributed by atoms with van der Waals surface area (Å²) >= 11 is 0. The lowest BCUT2D eigenvalue weighted by molar-refractivity contribution is -0.169. The first-order chi connectivity index (χ1) is 17.7. The molecule has 5 aliphatic carbocycles. The average Bonchev–Trinajstić information content (AvgIpc) is 3.19. The minimum atomic E-state index is -0.911. The van der Waals surface area contributed by atoms with E-state index in [9.17, 15) is 14.4 Å². The quantitative estimate of drug-likeness (QED) is 0.265. The van der Waals surface area contributed by atoms with E-state index in [-0.39, 0.29) is 30.5 Å². The summed E-state index contributed by atoms with van der Waals surface area (Å²) in [7, 11) is 1.35. The normalized spacial score (nSPS) is 44.3. The largest absolute Gasteiger partial charge is 0.469 e. The van der Waals surface area contributed by atoms with Gasteiger partial charge < -0.3 is 14.2 Å². The molecule has 6 heteroatoms. The number of carbonyl (C=O) groups is 3. The summed E-state index contributed by atoms with van der Waals surface area (Å²) in [5, 5.41) is 0. The Balaban J connectivity index is 1.56. The number of hydrogen-bond donors (Lipinski definition) is 0. The predicted molar refractivity (Wildman–Crippen MR) is 139 cm³/mol. The maximum absolute atomic E-state index is 13.5. The number of fused-ring (bicyclic) bond motifs is 7. The van der Waals surface area contributed by atoms with Gasteiger partial charge in [0.2, 0.25) is 0 Å². The third-order valence-corrected chi connectivity index (χ3v) is 11.7. The molecule has 4 saturated carbocycles. The first kappa shape index (κ1) is 26.7. The smallest absolute Gasteiger partial charge is 0.313 e. The highest BCUT2D eigenvalue weighted by Crippen LogP contribution is 2.70. The Hall–Kier alpha value is -1.85. The lowest BCUT2D eigenvalue weighted by Crippen LogP contribution is -2.52. The van der Waals surface area contributed by atoms with Crippen molar-refractivity contribution in [3.8, 4) is 0 Å². The van der Waals surface area contributed by atoms with Crippen molar-refractivity contribution in [2.75, 3.05) is 20.3 Å². The molecule has 5 rings (SSSR count). The predicted octanol–water partition coefficient (Wildman–Crippen LogP) is 5.73. The van der Waals surface area contributed by atoms with E-state index in [0.717, 1.165) is 24.7 Å². The molecule has 0 aliphatic heterocycles. The highest BCUT2D eigenvalue weighted by Gasteiger charge is 2.64. The standard InChI is InChI=1S/C31H46O6/c1-6-36-28(33)25-20-16-23-19-12-11-18-10-8-9-14-30(18,3)22(19)13-15-31(23,4)24(20)17-21(27(32)35-5)26(25)29(34)37-7-2/h17-23,25-26H,6-16H2,1-5H3/t18?,19?,20-,21+,22?,23+,25+,26+,30+,31+/m1/s1. The topological polar surface area (TPSA) is 78.9 Å². The SMILES string of the molecule is CCOC(=O)[C@@H]1[C@@H](C(=O)OCC)[C@@H]2C[C@H]3C4CCC5CCCC[C@]5(C)C4CC[C@]3(C)C2=C[C@@H]1C(=O)OC. The van der Waals surface area contributed by atoms with Crippen LogP contribution in [0.15, 0.2) is 11.6 Å². The highest BCUT2D eigenvalue weighted by molar-refractivity contribution is 5.89. The van der Waals surface area contributed by atoms with Crippen molar-refractivity contribution in [1.82, 2.24) is 0 Å². The van der Waals surface area contributed by atoms with Gasteiger partial charge in [-0.15, -0.1) is 0 Å². The molecule has 0 heterocycles. The van der Waals surface area contributed by atoms with Crippen LogP contribution in [0.5, 0.6) is 0 Å². The molecule has 0 aromatic heterocycles. The van der Waals surface area contributed by atoms with Crippen LogP contribution in [-0.2, 0) is 28.6 Å². The van der Waals surface area contributed by atoms with Gasteiger partial charge in [-0.2, -0.15) is 0 Å². The van der Waals surface area contributed by atoms with E-state index >= 15 is 0 Å². The van der Waals surface area contributed by atoms with Crippen LogP contribution in [0.4, 0.5) is 0 Å². The number of allylic oxidation sites excluding steroid dienone is 1. The number of methoxy groups -OCH3 is 1. The Bertz CT molecular complexity index is 955. The van der Waals surface area contributed by atoms with Crippen molar-refractivity contribution in [1.29, 1.82) is 0 Å². The molecule has 0 aromatic rings. The van der Waals surface area contributed by atoms with Crippen molar-refractivity contribution >= 4 is 17.9 Å². The summed E-state index contributed by atoms with van der Waals surface area (Å²) in [5.74, 6) is -1.26. The van der Waals surface area contributed by atoms with Gasteiger partial charge in [-0.05, 0) is 99.2 Å². The van der Waals surface area contributed by atoms with E-state index in [1.54, 1.807) is 13.8 Å². The summed E-state index contributed by atoms with van der Waals surface area (Å²) in [4.78, 5) is 39.9. The number of rotatable bonds is 5. The van der Waals surface area contributed by atoms with E-state index in [4.69, 9.17) is 14.2 Å². The average molecular weight is 515 g/mol. The molecule has 0 spiro atoms. The zero-order chi connectivity index (χ0) is 26.5. The molecular formula is C31H46O6. The maximum Gasteiger partial charge on any atom is 0.313 e. The molecule has 0 aromatic carbocycles. The lowest BCUT2D eigenvalue weighted by Gasteiger charge is -2.60. The van der Waals surface area contributed by atoms with Crippen LogP contribution in [0.2, 0.25) is 0 Å². The third-order valence-electron chi connectivity index (χ3n) is 11.7. The number of carbonyl (C=O) groups excluding carboxylic acids is 3. The van der Waals surface area contributed by atoms with Gasteiger partial charge in [-0.25, -0.2) is 0 Å². The van der Waals surface area contributed by atoms with Crippen LogP contribution in [0, 0.1) is 58.2 Å². The fourth-order valence-corrected chi connectivity index (χ4v) is 10.1. The fourth-order valence-electron chi connectivity index (χ4n) is 10.1. The Morgan fingerprint density at radius 3 is 2.24 bits per heavy atom. The zero-order valence-corrected chi connectivity index (χ0v) is 23.4. The second-order valence-corrected chi connectivity index (χ2v) is 12.9. The molecule has 206 valence electrons. The number of esters is 3. The van der Waals surface area contributed by atoms with Gasteiger partial charge in [-0.1, -0.05) is 38.3 Å². The maximum atomic E-state index is 13.5. The van der Waals surface area contributed by atoms with Gasteiger partial charge >= 0.3 is 17.9 Å². The zero-order valence-electron chi connectivity index (χ0n) is 23.4. The fraction of sp³-hybridized carbons (Fsp3) is 0.839. The van der Waals surface area contributed by atoms with Gasteiger partial charge in [0.1, 0.15) is 0 Å². The van der Waals surface area contributed by atoms with Crippen LogP contribution in [0.3, 0.4) is 0 Å². The Morgan fingerprint density at radius 1 is 0.865 bits per heavy atom. The Morgan fingerprint density at radius 2 is 1.57 bits per heavy atom. The molecule has 6 nitrogen and oxygen atoms in total. The first-order valence-corrected chi connectivity index (χ1v) is 14.8. The summed E-state index contributed by atoms with van der Waals surface area (Å²) in [6, 6.07) is 0. The van der Waals surface area contributed by atoms with Crippen LogP contribution < -0.4 is 0 Å². The highest BCUT2D eigenvalue weighted by atomic mass is 16.5. The van der Waals surface area contributed by atoms with E-state index in [0.29, 0.717) is 17.3 Å². The molecule has 10 atom stereocenters. The van der Waals surface area contributed by atoms with E-state index in [1.807, 2.05) is 6.08 Å². The summed E-state index contributed by atoms with van der Waals surface area (Å²) in [6.45, 7) is 8.92. The molecule has 4 fully saturated rings. The van der Waals surface area contributed by atoms with Crippen LogP contribution in [0.25, 0.3) is 0 Å². The Labute approximate surface area is 222 Å². The van der Waals surface area contributed by atoms with Crippen molar-refractivity contribution in [2.24, 2.45) is 58.2 Å². The van der Waals surface area contributed by atoms with Gasteiger partial charge in [0.25, 0.3) is 0 Å². The molecule has 0 bridgehead atoms. The van der Waals surface area contributed by atoms with E-state index < -0.39 is 29.7 Å². The summed E-state index contributed by atoms with van der Waals surface area (Å²) in [6.07, 6.45) is 13.2.